The number of aldehydes is 1. The summed E-state index contributed by atoms with van der Waals surface area (Å²) in [5, 5.41) is 0. The van der Waals surface area contributed by atoms with Crippen molar-refractivity contribution in [1.29, 1.82) is 0 Å². The van der Waals surface area contributed by atoms with E-state index in [-0.39, 0.29) is 0 Å². The molecule has 0 unspecified atom stereocenters. The fourth-order valence-electron chi connectivity index (χ4n) is 1.86. The van der Waals surface area contributed by atoms with Gasteiger partial charge in [-0.2, -0.15) is 0 Å². The van der Waals surface area contributed by atoms with Crippen LogP contribution in [0, 0.1) is 0 Å². The van der Waals surface area contributed by atoms with Crippen molar-refractivity contribution < 1.29 is 13.9 Å². The predicted molar refractivity (Wildman–Crippen MR) is 64.8 cm³/mol. The molecular formula is C13H10N2O3. The fourth-order valence-corrected chi connectivity index (χ4v) is 1.86. The smallest absolute Gasteiger partial charge is 0.305 e. The molecule has 0 aliphatic heterocycles. The molecule has 0 atom stereocenters. The first kappa shape index (κ1) is 10.6. The molecule has 0 amide bonds. The molecule has 3 heterocycles. The minimum atomic E-state index is 0.357. The highest BCUT2D eigenvalue weighted by Gasteiger charge is 2.10. The summed E-state index contributed by atoms with van der Waals surface area (Å²) in [6.07, 6.45) is 4.13. The first-order chi connectivity index (χ1) is 8.81. The SMILES string of the molecule is COc1cnc(-c2cc3cccc(C=O)n3c2)o1. The maximum atomic E-state index is 10.9. The lowest BCUT2D eigenvalue weighted by atomic mass is 10.3. The van der Waals surface area contributed by atoms with Crippen LogP contribution in [0.5, 0.6) is 5.95 Å². The highest BCUT2D eigenvalue weighted by atomic mass is 16.6. The molecule has 0 saturated carbocycles. The van der Waals surface area contributed by atoms with Crippen molar-refractivity contribution in [2.75, 3.05) is 7.11 Å². The quantitative estimate of drug-likeness (QED) is 0.662. The second-order valence-electron chi connectivity index (χ2n) is 3.78. The lowest BCUT2D eigenvalue weighted by Gasteiger charge is -1.96. The average Bonchev–Trinajstić information content (AvgIpc) is 3.03. The Balaban J connectivity index is 2.15. The Kier molecular flexibility index (Phi) is 2.37. The highest BCUT2D eigenvalue weighted by molar-refractivity contribution is 5.76. The normalized spacial score (nSPS) is 10.7. The Morgan fingerprint density at radius 1 is 1.44 bits per heavy atom. The molecule has 0 fully saturated rings. The van der Waals surface area contributed by atoms with Crippen LogP contribution >= 0.6 is 0 Å². The number of hydrogen-bond acceptors (Lipinski definition) is 4. The van der Waals surface area contributed by atoms with Gasteiger partial charge in [0.25, 0.3) is 0 Å². The fraction of sp³-hybridized carbons (Fsp3) is 0.0769. The third kappa shape index (κ3) is 1.57. The minimum Gasteiger partial charge on any atom is -0.467 e. The van der Waals surface area contributed by atoms with Gasteiger partial charge < -0.3 is 13.6 Å². The van der Waals surface area contributed by atoms with Gasteiger partial charge in [0.05, 0.1) is 18.4 Å². The van der Waals surface area contributed by atoms with Crippen LogP contribution in [0.25, 0.3) is 17.0 Å². The van der Waals surface area contributed by atoms with Crippen LogP contribution in [0.4, 0.5) is 0 Å². The molecule has 5 nitrogen and oxygen atoms in total. The molecule has 18 heavy (non-hydrogen) atoms. The Labute approximate surface area is 103 Å². The molecule has 0 aliphatic rings. The summed E-state index contributed by atoms with van der Waals surface area (Å²) in [4.78, 5) is 15.1. The molecule has 3 aromatic rings. The lowest BCUT2D eigenvalue weighted by molar-refractivity contribution is 0.111. The van der Waals surface area contributed by atoms with E-state index in [0.29, 0.717) is 17.5 Å². The van der Waals surface area contributed by atoms with E-state index in [0.717, 1.165) is 17.4 Å². The summed E-state index contributed by atoms with van der Waals surface area (Å²) in [7, 11) is 1.52. The number of oxazole rings is 1. The van der Waals surface area contributed by atoms with Crippen molar-refractivity contribution in [3.05, 3.63) is 42.4 Å². The molecule has 0 radical (unpaired) electrons. The van der Waals surface area contributed by atoms with Crippen molar-refractivity contribution in [3.8, 4) is 17.4 Å². The second-order valence-corrected chi connectivity index (χ2v) is 3.78. The molecule has 0 N–H and O–H groups in total. The number of methoxy groups -OCH3 is 1. The van der Waals surface area contributed by atoms with E-state index < -0.39 is 0 Å². The molecule has 3 rings (SSSR count). The van der Waals surface area contributed by atoms with E-state index >= 15 is 0 Å². The van der Waals surface area contributed by atoms with Gasteiger partial charge in [-0.25, -0.2) is 4.98 Å². The molecule has 0 saturated heterocycles. The van der Waals surface area contributed by atoms with E-state index in [2.05, 4.69) is 4.98 Å². The van der Waals surface area contributed by atoms with Crippen molar-refractivity contribution in [3.63, 3.8) is 0 Å². The standard InChI is InChI=1S/C13H10N2O3/c1-17-12-6-14-13(18-12)9-5-10-3-2-4-11(8-16)15(10)7-9/h2-8H,1H3. The molecule has 0 bridgehead atoms. The third-order valence-electron chi connectivity index (χ3n) is 2.72. The second kappa shape index (κ2) is 4.03. The number of carbonyl (C=O) groups excluding carboxylic acids is 1. The van der Waals surface area contributed by atoms with E-state index in [4.69, 9.17) is 9.15 Å². The Morgan fingerprint density at radius 2 is 2.33 bits per heavy atom. The lowest BCUT2D eigenvalue weighted by Crippen LogP contribution is -1.91. The molecule has 0 aromatic carbocycles. The third-order valence-corrected chi connectivity index (χ3v) is 2.72. The van der Waals surface area contributed by atoms with E-state index in [1.165, 1.54) is 13.3 Å². The number of nitrogens with zero attached hydrogens (tertiary/aromatic N) is 2. The van der Waals surface area contributed by atoms with E-state index in [9.17, 15) is 4.79 Å². The van der Waals surface area contributed by atoms with Crippen LogP contribution < -0.4 is 4.74 Å². The predicted octanol–water partition coefficient (Wildman–Crippen LogP) is 2.42. The molecule has 90 valence electrons. The largest absolute Gasteiger partial charge is 0.467 e. The van der Waals surface area contributed by atoms with Gasteiger partial charge in [-0.15, -0.1) is 0 Å². The van der Waals surface area contributed by atoms with Gasteiger partial charge in [0.1, 0.15) is 6.20 Å². The molecule has 5 heteroatoms. The van der Waals surface area contributed by atoms with Crippen molar-refractivity contribution >= 4 is 11.8 Å². The van der Waals surface area contributed by atoms with E-state index in [1.807, 2.05) is 24.4 Å². The topological polar surface area (TPSA) is 56.7 Å². The zero-order chi connectivity index (χ0) is 12.5. The zero-order valence-corrected chi connectivity index (χ0v) is 9.66. The van der Waals surface area contributed by atoms with Gasteiger partial charge in [0, 0.05) is 11.7 Å². The van der Waals surface area contributed by atoms with Crippen LogP contribution in [-0.2, 0) is 0 Å². The number of carbonyl (C=O) groups is 1. The van der Waals surface area contributed by atoms with Crippen LogP contribution in [-0.4, -0.2) is 22.8 Å². The minimum absolute atomic E-state index is 0.357. The zero-order valence-electron chi connectivity index (χ0n) is 9.66. The summed E-state index contributed by atoms with van der Waals surface area (Å²) < 4.78 is 12.1. The summed E-state index contributed by atoms with van der Waals surface area (Å²) in [6.45, 7) is 0. The number of fused-ring (bicyclic) bond motifs is 1. The van der Waals surface area contributed by atoms with Crippen molar-refractivity contribution in [2.45, 2.75) is 0 Å². The molecule has 0 aliphatic carbocycles. The van der Waals surface area contributed by atoms with Crippen LogP contribution in [0.15, 0.2) is 41.1 Å². The number of pyridine rings is 1. The van der Waals surface area contributed by atoms with Gasteiger partial charge in [0.15, 0.2) is 6.29 Å². The number of rotatable bonds is 3. The number of hydrogen-bond donors (Lipinski definition) is 0. The first-order valence-corrected chi connectivity index (χ1v) is 5.38. The van der Waals surface area contributed by atoms with E-state index in [1.54, 1.807) is 10.5 Å². The Bertz CT molecular complexity index is 712. The summed E-state index contributed by atoms with van der Waals surface area (Å²) >= 11 is 0. The maximum absolute atomic E-state index is 10.9. The maximum Gasteiger partial charge on any atom is 0.305 e. The average molecular weight is 242 g/mol. The van der Waals surface area contributed by atoms with Crippen LogP contribution in [0.3, 0.4) is 0 Å². The number of aromatic nitrogens is 2. The van der Waals surface area contributed by atoms with Crippen molar-refractivity contribution in [2.24, 2.45) is 0 Å². The van der Waals surface area contributed by atoms with Gasteiger partial charge in [0.2, 0.25) is 5.89 Å². The van der Waals surface area contributed by atoms with Gasteiger partial charge in [-0.3, -0.25) is 4.79 Å². The molecular weight excluding hydrogens is 232 g/mol. The first-order valence-electron chi connectivity index (χ1n) is 5.38. The number of ether oxygens (including phenoxy) is 1. The molecule has 0 spiro atoms. The van der Waals surface area contributed by atoms with Gasteiger partial charge in [-0.05, 0) is 18.2 Å². The Hall–Kier alpha value is -2.56. The van der Waals surface area contributed by atoms with Crippen LogP contribution in [0.1, 0.15) is 10.5 Å². The molecule has 3 aromatic heterocycles. The summed E-state index contributed by atoms with van der Waals surface area (Å²) in [5.41, 5.74) is 2.29. The van der Waals surface area contributed by atoms with Crippen LogP contribution in [0.2, 0.25) is 0 Å². The summed E-state index contributed by atoms with van der Waals surface area (Å²) in [6, 6.07) is 7.40. The van der Waals surface area contributed by atoms with Crippen molar-refractivity contribution in [1.82, 2.24) is 9.38 Å². The van der Waals surface area contributed by atoms with Gasteiger partial charge >= 0.3 is 5.95 Å². The summed E-state index contributed by atoms with van der Waals surface area (Å²) in [5.74, 6) is 0.822. The monoisotopic (exact) mass is 242 g/mol. The highest BCUT2D eigenvalue weighted by Crippen LogP contribution is 2.25. The Morgan fingerprint density at radius 3 is 3.06 bits per heavy atom. The van der Waals surface area contributed by atoms with Gasteiger partial charge in [-0.1, -0.05) is 6.07 Å².